The highest BCUT2D eigenvalue weighted by Gasteiger charge is 2.25. The zero-order chi connectivity index (χ0) is 11.1. The molecule has 1 rings (SSSR count). The Balaban J connectivity index is 2.41. The summed E-state index contributed by atoms with van der Waals surface area (Å²) < 4.78 is 0. The molecule has 90 valence electrons. The van der Waals surface area contributed by atoms with Crippen molar-refractivity contribution in [2.24, 2.45) is 0 Å². The number of rotatable bonds is 5. The van der Waals surface area contributed by atoms with E-state index in [1.54, 1.807) is 0 Å². The zero-order valence-electron chi connectivity index (χ0n) is 10.4. The Labute approximate surface area is 94.5 Å². The van der Waals surface area contributed by atoms with Crippen LogP contribution in [0.15, 0.2) is 0 Å². The summed E-state index contributed by atoms with van der Waals surface area (Å²) in [4.78, 5) is 0. The summed E-state index contributed by atoms with van der Waals surface area (Å²) in [5, 5.41) is 13.1. The molecule has 0 aromatic rings. The average Bonchev–Trinajstić information content (AvgIpc) is 2.47. The number of nitrogens with one attached hydrogen (secondary N) is 1. The van der Waals surface area contributed by atoms with E-state index in [-0.39, 0.29) is 12.1 Å². The second-order valence-corrected chi connectivity index (χ2v) is 5.30. The topological polar surface area (TPSA) is 32.3 Å². The molecule has 1 unspecified atom stereocenters. The minimum atomic E-state index is -0.0518. The monoisotopic (exact) mass is 213 g/mol. The van der Waals surface area contributed by atoms with Crippen LogP contribution in [0.3, 0.4) is 0 Å². The van der Waals surface area contributed by atoms with Crippen molar-refractivity contribution in [1.29, 1.82) is 0 Å². The quantitative estimate of drug-likeness (QED) is 0.688. The lowest BCUT2D eigenvalue weighted by molar-refractivity contribution is 0.147. The Morgan fingerprint density at radius 1 is 1.20 bits per heavy atom. The van der Waals surface area contributed by atoms with Crippen molar-refractivity contribution in [2.45, 2.75) is 76.8 Å². The van der Waals surface area contributed by atoms with Crippen LogP contribution < -0.4 is 5.32 Å². The molecule has 2 N–H and O–H groups in total. The van der Waals surface area contributed by atoms with Crippen LogP contribution in [-0.2, 0) is 0 Å². The molecule has 1 aliphatic rings. The van der Waals surface area contributed by atoms with Crippen LogP contribution in [-0.4, -0.2) is 23.3 Å². The summed E-state index contributed by atoms with van der Waals surface area (Å²) in [6, 6.07) is 0.635. The normalized spacial score (nSPS) is 23.4. The summed E-state index contributed by atoms with van der Waals surface area (Å²) in [5.41, 5.74) is -0.0518. The molecule has 0 amide bonds. The van der Waals surface area contributed by atoms with Gasteiger partial charge in [-0.15, -0.1) is 0 Å². The number of aliphatic hydroxyl groups excluding tert-OH is 1. The third kappa shape index (κ3) is 4.52. The van der Waals surface area contributed by atoms with E-state index < -0.39 is 0 Å². The van der Waals surface area contributed by atoms with Gasteiger partial charge in [-0.3, -0.25) is 0 Å². The number of hydrogen-bond acceptors (Lipinski definition) is 2. The van der Waals surface area contributed by atoms with Gasteiger partial charge in [0, 0.05) is 11.6 Å². The molecule has 15 heavy (non-hydrogen) atoms. The molecule has 0 radical (unpaired) electrons. The van der Waals surface area contributed by atoms with Crippen molar-refractivity contribution in [3.8, 4) is 0 Å². The molecule has 1 saturated carbocycles. The van der Waals surface area contributed by atoms with Crippen molar-refractivity contribution in [3.05, 3.63) is 0 Å². The third-order valence-electron chi connectivity index (χ3n) is 3.56. The molecule has 0 spiro atoms. The van der Waals surface area contributed by atoms with Crippen LogP contribution in [0.1, 0.15) is 65.2 Å². The van der Waals surface area contributed by atoms with Gasteiger partial charge in [0.2, 0.25) is 0 Å². The van der Waals surface area contributed by atoms with Crippen LogP contribution in [0.4, 0.5) is 0 Å². The molecule has 0 heterocycles. The first kappa shape index (κ1) is 13.0. The highest BCUT2D eigenvalue weighted by Crippen LogP contribution is 2.21. The van der Waals surface area contributed by atoms with Crippen LogP contribution in [0, 0.1) is 0 Å². The molecule has 0 aromatic carbocycles. The lowest BCUT2D eigenvalue weighted by Crippen LogP contribution is -2.50. The molecule has 1 fully saturated rings. The molecule has 0 aromatic heterocycles. The van der Waals surface area contributed by atoms with Crippen molar-refractivity contribution >= 4 is 0 Å². The molecule has 0 bridgehead atoms. The molecular formula is C13H27NO. The molecule has 2 heteroatoms. The smallest absolute Gasteiger partial charge is 0.0610 e. The Morgan fingerprint density at radius 3 is 2.27 bits per heavy atom. The Hall–Kier alpha value is -0.0800. The minimum Gasteiger partial charge on any atom is -0.394 e. The lowest BCUT2D eigenvalue weighted by atomic mass is 9.94. The summed E-state index contributed by atoms with van der Waals surface area (Å²) >= 11 is 0. The fourth-order valence-electron chi connectivity index (χ4n) is 2.67. The summed E-state index contributed by atoms with van der Waals surface area (Å²) in [5.74, 6) is 0. The van der Waals surface area contributed by atoms with Crippen LogP contribution in [0.25, 0.3) is 0 Å². The van der Waals surface area contributed by atoms with Crippen LogP contribution in [0.2, 0.25) is 0 Å². The fourth-order valence-corrected chi connectivity index (χ4v) is 2.67. The van der Waals surface area contributed by atoms with Gasteiger partial charge in [-0.25, -0.2) is 0 Å². The fraction of sp³-hybridized carbons (Fsp3) is 1.00. The molecule has 1 aliphatic carbocycles. The van der Waals surface area contributed by atoms with Gasteiger partial charge in [0.1, 0.15) is 0 Å². The van der Waals surface area contributed by atoms with Gasteiger partial charge in [0.15, 0.2) is 0 Å². The zero-order valence-corrected chi connectivity index (χ0v) is 10.4. The van der Waals surface area contributed by atoms with Gasteiger partial charge in [-0.05, 0) is 26.2 Å². The average molecular weight is 213 g/mol. The lowest BCUT2D eigenvalue weighted by Gasteiger charge is -2.33. The van der Waals surface area contributed by atoms with Crippen molar-refractivity contribution in [2.75, 3.05) is 6.61 Å². The first-order chi connectivity index (χ1) is 7.20. The molecule has 1 atom stereocenters. The maximum atomic E-state index is 9.45. The molecule has 0 aliphatic heterocycles. The van der Waals surface area contributed by atoms with Gasteiger partial charge in [-0.1, -0.05) is 39.0 Å². The summed E-state index contributed by atoms with van der Waals surface area (Å²) in [6.07, 6.45) is 10.3. The van der Waals surface area contributed by atoms with Gasteiger partial charge < -0.3 is 10.4 Å². The Kier molecular flexibility index (Phi) is 5.62. The minimum absolute atomic E-state index is 0.0518. The second kappa shape index (κ2) is 6.49. The van der Waals surface area contributed by atoms with E-state index in [2.05, 4.69) is 19.2 Å². The molecule has 2 nitrogen and oxygen atoms in total. The van der Waals surface area contributed by atoms with Crippen molar-refractivity contribution in [1.82, 2.24) is 5.32 Å². The number of hydrogen-bond donors (Lipinski definition) is 2. The van der Waals surface area contributed by atoms with Crippen LogP contribution >= 0.6 is 0 Å². The van der Waals surface area contributed by atoms with Gasteiger partial charge >= 0.3 is 0 Å². The molecule has 0 saturated heterocycles. The van der Waals surface area contributed by atoms with E-state index in [9.17, 15) is 5.11 Å². The van der Waals surface area contributed by atoms with Gasteiger partial charge in [0.05, 0.1) is 6.61 Å². The number of aliphatic hydroxyl groups is 1. The van der Waals surface area contributed by atoms with Crippen LogP contribution in [0.5, 0.6) is 0 Å². The standard InChI is InChI=1S/C13H27NO/c1-3-10-13(2,11-15)14-12-8-6-4-5-7-9-12/h12,14-15H,3-11H2,1-2H3. The predicted molar refractivity (Wildman–Crippen MR) is 65.0 cm³/mol. The third-order valence-corrected chi connectivity index (χ3v) is 3.56. The Morgan fingerprint density at radius 2 is 1.80 bits per heavy atom. The summed E-state index contributed by atoms with van der Waals surface area (Å²) in [6.45, 7) is 4.60. The highest BCUT2D eigenvalue weighted by molar-refractivity contribution is 4.86. The largest absolute Gasteiger partial charge is 0.394 e. The van der Waals surface area contributed by atoms with E-state index in [1.807, 2.05) is 0 Å². The molecular weight excluding hydrogens is 186 g/mol. The van der Waals surface area contributed by atoms with Crippen molar-refractivity contribution < 1.29 is 5.11 Å². The summed E-state index contributed by atoms with van der Waals surface area (Å²) in [7, 11) is 0. The van der Waals surface area contributed by atoms with E-state index >= 15 is 0 Å². The van der Waals surface area contributed by atoms with Gasteiger partial charge in [-0.2, -0.15) is 0 Å². The maximum absolute atomic E-state index is 9.45. The van der Waals surface area contributed by atoms with E-state index in [0.29, 0.717) is 6.04 Å². The Bertz CT molecular complexity index is 164. The highest BCUT2D eigenvalue weighted by atomic mass is 16.3. The maximum Gasteiger partial charge on any atom is 0.0610 e. The first-order valence-corrected chi connectivity index (χ1v) is 6.59. The van der Waals surface area contributed by atoms with E-state index in [1.165, 1.54) is 38.5 Å². The first-order valence-electron chi connectivity index (χ1n) is 6.59. The SMILES string of the molecule is CCCC(C)(CO)NC1CCCCCC1. The predicted octanol–water partition coefficient (Wildman–Crippen LogP) is 2.85. The van der Waals surface area contributed by atoms with E-state index in [0.717, 1.165) is 12.8 Å². The van der Waals surface area contributed by atoms with Crippen molar-refractivity contribution in [3.63, 3.8) is 0 Å². The van der Waals surface area contributed by atoms with Gasteiger partial charge in [0.25, 0.3) is 0 Å². The van der Waals surface area contributed by atoms with E-state index in [4.69, 9.17) is 0 Å². The second-order valence-electron chi connectivity index (χ2n) is 5.30.